The topological polar surface area (TPSA) is 66.3 Å². The summed E-state index contributed by atoms with van der Waals surface area (Å²) in [5.74, 6) is -0.855. The minimum atomic E-state index is -0.855. The molecule has 2 heterocycles. The molecule has 1 N–H and O–H groups in total. The summed E-state index contributed by atoms with van der Waals surface area (Å²) in [7, 11) is 3.91. The van der Waals surface area contributed by atoms with Crippen molar-refractivity contribution >= 4 is 17.3 Å². The molecule has 0 fully saturated rings. The molecule has 0 bridgehead atoms. The molecular weight excluding hydrogens is 262 g/mol. The van der Waals surface area contributed by atoms with Gasteiger partial charge < -0.3 is 10.0 Å². The van der Waals surface area contributed by atoms with Crippen LogP contribution in [-0.2, 0) is 17.8 Å². The standard InChI is InChI=1S/C13H15N3O2S/c1-16(2)8-11-10(7-12(17)18)15-13(19-11)9-3-5-14-6-4-9/h3-6H,7-8H2,1-2H3,(H,17,18). The van der Waals surface area contributed by atoms with Gasteiger partial charge in [-0.2, -0.15) is 0 Å². The van der Waals surface area contributed by atoms with Crippen LogP contribution in [0.3, 0.4) is 0 Å². The normalized spacial score (nSPS) is 10.9. The van der Waals surface area contributed by atoms with Crippen LogP contribution in [0.15, 0.2) is 24.5 Å². The quantitative estimate of drug-likeness (QED) is 0.904. The highest BCUT2D eigenvalue weighted by atomic mass is 32.1. The molecule has 0 saturated heterocycles. The molecule has 0 saturated carbocycles. The van der Waals surface area contributed by atoms with Crippen LogP contribution in [-0.4, -0.2) is 40.0 Å². The molecule has 2 rings (SSSR count). The minimum Gasteiger partial charge on any atom is -0.481 e. The fourth-order valence-corrected chi connectivity index (χ4v) is 2.89. The monoisotopic (exact) mass is 277 g/mol. The molecule has 0 aliphatic heterocycles. The van der Waals surface area contributed by atoms with Gasteiger partial charge in [-0.3, -0.25) is 9.78 Å². The molecule has 5 nitrogen and oxygen atoms in total. The number of pyridine rings is 1. The Morgan fingerprint density at radius 1 is 1.37 bits per heavy atom. The largest absolute Gasteiger partial charge is 0.481 e. The van der Waals surface area contributed by atoms with Crippen molar-refractivity contribution in [2.24, 2.45) is 0 Å². The van der Waals surface area contributed by atoms with E-state index in [4.69, 9.17) is 5.11 Å². The number of carbonyl (C=O) groups is 1. The lowest BCUT2D eigenvalue weighted by Crippen LogP contribution is -2.12. The molecule has 2 aromatic heterocycles. The second kappa shape index (κ2) is 5.90. The first-order valence-electron chi connectivity index (χ1n) is 5.81. The summed E-state index contributed by atoms with van der Waals surface area (Å²) in [4.78, 5) is 22.3. The molecule has 2 aromatic rings. The fraction of sp³-hybridized carbons (Fsp3) is 0.308. The van der Waals surface area contributed by atoms with Gasteiger partial charge in [0.1, 0.15) is 5.01 Å². The van der Waals surface area contributed by atoms with Gasteiger partial charge in [0.25, 0.3) is 0 Å². The van der Waals surface area contributed by atoms with Crippen molar-refractivity contribution in [3.8, 4) is 10.6 Å². The maximum absolute atomic E-state index is 10.9. The number of aliphatic carboxylic acids is 1. The average Bonchev–Trinajstić information content (AvgIpc) is 2.72. The minimum absolute atomic E-state index is 0.0369. The fourth-order valence-electron chi connectivity index (χ4n) is 1.69. The summed E-state index contributed by atoms with van der Waals surface area (Å²) in [5, 5.41) is 9.79. The zero-order chi connectivity index (χ0) is 13.8. The molecule has 0 unspecified atom stereocenters. The smallest absolute Gasteiger partial charge is 0.309 e. The van der Waals surface area contributed by atoms with Crippen LogP contribution in [0.2, 0.25) is 0 Å². The highest BCUT2D eigenvalue weighted by molar-refractivity contribution is 7.15. The second-order valence-corrected chi connectivity index (χ2v) is 5.52. The first-order valence-corrected chi connectivity index (χ1v) is 6.63. The van der Waals surface area contributed by atoms with Crippen molar-refractivity contribution in [3.63, 3.8) is 0 Å². The van der Waals surface area contributed by atoms with Crippen molar-refractivity contribution in [1.29, 1.82) is 0 Å². The molecule has 100 valence electrons. The van der Waals surface area contributed by atoms with E-state index >= 15 is 0 Å². The van der Waals surface area contributed by atoms with Crippen LogP contribution < -0.4 is 0 Å². The van der Waals surface area contributed by atoms with E-state index in [1.807, 2.05) is 31.1 Å². The predicted molar refractivity (Wildman–Crippen MR) is 74.1 cm³/mol. The van der Waals surface area contributed by atoms with Crippen LogP contribution in [0.5, 0.6) is 0 Å². The van der Waals surface area contributed by atoms with E-state index in [9.17, 15) is 4.79 Å². The number of carboxylic acids is 1. The van der Waals surface area contributed by atoms with Crippen LogP contribution >= 0.6 is 11.3 Å². The van der Waals surface area contributed by atoms with Crippen molar-refractivity contribution in [3.05, 3.63) is 35.1 Å². The third-order valence-corrected chi connectivity index (χ3v) is 3.62. The second-order valence-electron chi connectivity index (χ2n) is 4.43. The third-order valence-electron chi connectivity index (χ3n) is 2.48. The molecule has 0 aliphatic rings. The Kier molecular flexibility index (Phi) is 4.24. The number of hydrogen-bond donors (Lipinski definition) is 1. The SMILES string of the molecule is CN(C)Cc1sc(-c2ccncc2)nc1CC(=O)O. The van der Waals surface area contributed by atoms with Gasteiger partial charge in [-0.25, -0.2) is 4.98 Å². The summed E-state index contributed by atoms with van der Waals surface area (Å²) in [5.41, 5.74) is 1.62. The zero-order valence-corrected chi connectivity index (χ0v) is 11.6. The maximum Gasteiger partial charge on any atom is 0.309 e. The first kappa shape index (κ1) is 13.6. The summed E-state index contributed by atoms with van der Waals surface area (Å²) in [6.45, 7) is 0.700. The van der Waals surface area contributed by atoms with E-state index in [1.54, 1.807) is 12.4 Å². The summed E-state index contributed by atoms with van der Waals surface area (Å²) in [6.07, 6.45) is 3.38. The average molecular weight is 277 g/mol. The van der Waals surface area contributed by atoms with Gasteiger partial charge in [-0.15, -0.1) is 11.3 Å². The Balaban J connectivity index is 2.36. The van der Waals surface area contributed by atoms with E-state index in [0.29, 0.717) is 12.2 Å². The predicted octanol–water partition coefficient (Wildman–Crippen LogP) is 1.89. The van der Waals surface area contributed by atoms with Gasteiger partial charge >= 0.3 is 5.97 Å². The number of aromatic nitrogens is 2. The Bertz CT molecular complexity index is 567. The summed E-state index contributed by atoms with van der Waals surface area (Å²) < 4.78 is 0. The maximum atomic E-state index is 10.9. The van der Waals surface area contributed by atoms with E-state index < -0.39 is 5.97 Å². The molecule has 0 aliphatic carbocycles. The Hall–Kier alpha value is -1.79. The Morgan fingerprint density at radius 3 is 2.63 bits per heavy atom. The van der Waals surface area contributed by atoms with E-state index in [0.717, 1.165) is 15.4 Å². The lowest BCUT2D eigenvalue weighted by atomic mass is 10.2. The molecule has 0 spiro atoms. The number of rotatable bonds is 5. The van der Waals surface area contributed by atoms with Gasteiger partial charge in [0.2, 0.25) is 0 Å². The Morgan fingerprint density at radius 2 is 2.05 bits per heavy atom. The van der Waals surface area contributed by atoms with E-state index in [2.05, 4.69) is 9.97 Å². The van der Waals surface area contributed by atoms with Crippen molar-refractivity contribution in [2.75, 3.05) is 14.1 Å². The number of thiazole rings is 1. The van der Waals surface area contributed by atoms with Crippen LogP contribution in [0, 0.1) is 0 Å². The molecule has 19 heavy (non-hydrogen) atoms. The van der Waals surface area contributed by atoms with E-state index in [1.165, 1.54) is 11.3 Å². The van der Waals surface area contributed by atoms with Gasteiger partial charge in [0.05, 0.1) is 12.1 Å². The number of hydrogen-bond acceptors (Lipinski definition) is 5. The van der Waals surface area contributed by atoms with Crippen molar-refractivity contribution in [1.82, 2.24) is 14.9 Å². The number of nitrogens with zero attached hydrogens (tertiary/aromatic N) is 3. The highest BCUT2D eigenvalue weighted by Gasteiger charge is 2.15. The lowest BCUT2D eigenvalue weighted by molar-refractivity contribution is -0.136. The highest BCUT2D eigenvalue weighted by Crippen LogP contribution is 2.28. The van der Waals surface area contributed by atoms with Crippen LogP contribution in [0.4, 0.5) is 0 Å². The molecule has 0 aromatic carbocycles. The molecular formula is C13H15N3O2S. The van der Waals surface area contributed by atoms with Crippen LogP contribution in [0.1, 0.15) is 10.6 Å². The van der Waals surface area contributed by atoms with Crippen LogP contribution in [0.25, 0.3) is 10.6 Å². The molecule has 0 radical (unpaired) electrons. The Labute approximate surface area is 115 Å². The van der Waals surface area contributed by atoms with Gasteiger partial charge in [-0.1, -0.05) is 0 Å². The molecule has 6 heteroatoms. The summed E-state index contributed by atoms with van der Waals surface area (Å²) in [6, 6.07) is 3.76. The third kappa shape index (κ3) is 3.59. The summed E-state index contributed by atoms with van der Waals surface area (Å²) >= 11 is 1.54. The lowest BCUT2D eigenvalue weighted by Gasteiger charge is -2.07. The van der Waals surface area contributed by atoms with Gasteiger partial charge in [0.15, 0.2) is 0 Å². The first-order chi connectivity index (χ1) is 9.06. The number of carboxylic acid groups (broad SMARTS) is 1. The van der Waals surface area contributed by atoms with Gasteiger partial charge in [-0.05, 0) is 26.2 Å². The van der Waals surface area contributed by atoms with E-state index in [-0.39, 0.29) is 6.42 Å². The molecule has 0 atom stereocenters. The van der Waals surface area contributed by atoms with Crippen molar-refractivity contribution in [2.45, 2.75) is 13.0 Å². The zero-order valence-electron chi connectivity index (χ0n) is 10.8. The van der Waals surface area contributed by atoms with Crippen molar-refractivity contribution < 1.29 is 9.90 Å². The molecule has 0 amide bonds. The van der Waals surface area contributed by atoms with Gasteiger partial charge in [0, 0.05) is 29.4 Å².